The zero-order valence-electron chi connectivity index (χ0n) is 13.0. The summed E-state index contributed by atoms with van der Waals surface area (Å²) in [6.45, 7) is 4.79. The van der Waals surface area contributed by atoms with Crippen LogP contribution in [0.15, 0.2) is 42.7 Å². The van der Waals surface area contributed by atoms with Crippen molar-refractivity contribution in [2.45, 2.75) is 52.0 Å². The third-order valence-electron chi connectivity index (χ3n) is 4.59. The molecule has 2 aromatic rings. The number of anilines is 1. The molecule has 1 saturated carbocycles. The molecule has 3 nitrogen and oxygen atoms in total. The fraction of sp³-hybridized carbons (Fsp3) is 0.500. The smallest absolute Gasteiger partial charge is 0.0876 e. The Bertz CT molecular complexity index is 572. The Morgan fingerprint density at radius 1 is 1.14 bits per heavy atom. The number of rotatable bonds is 3. The topological polar surface area (TPSA) is 29.9 Å². The number of hydrogen-bond donors (Lipinski definition) is 1. The first-order valence-electron chi connectivity index (χ1n) is 8.00. The van der Waals surface area contributed by atoms with Gasteiger partial charge in [0.25, 0.3) is 0 Å². The van der Waals surface area contributed by atoms with Gasteiger partial charge in [-0.2, -0.15) is 5.10 Å². The van der Waals surface area contributed by atoms with Gasteiger partial charge in [-0.1, -0.05) is 32.4 Å². The molecule has 0 saturated heterocycles. The highest BCUT2D eigenvalue weighted by Crippen LogP contribution is 2.35. The van der Waals surface area contributed by atoms with Crippen molar-refractivity contribution < 1.29 is 0 Å². The van der Waals surface area contributed by atoms with Gasteiger partial charge < -0.3 is 5.32 Å². The van der Waals surface area contributed by atoms with E-state index in [9.17, 15) is 0 Å². The van der Waals surface area contributed by atoms with Crippen molar-refractivity contribution in [3.05, 3.63) is 42.7 Å². The molecular formula is C18H25N3. The Kier molecular flexibility index (Phi) is 4.00. The Labute approximate surface area is 127 Å². The summed E-state index contributed by atoms with van der Waals surface area (Å²) in [5, 5.41) is 8.11. The lowest BCUT2D eigenvalue weighted by Crippen LogP contribution is -2.20. The fourth-order valence-corrected chi connectivity index (χ4v) is 3.23. The van der Waals surface area contributed by atoms with Crippen LogP contribution in [-0.2, 0) is 0 Å². The highest BCUT2D eigenvalue weighted by Gasteiger charge is 2.24. The van der Waals surface area contributed by atoms with E-state index < -0.39 is 0 Å². The number of hydrogen-bond acceptors (Lipinski definition) is 2. The largest absolute Gasteiger partial charge is 0.381 e. The maximum Gasteiger partial charge on any atom is 0.0876 e. The van der Waals surface area contributed by atoms with Crippen LogP contribution in [0.2, 0.25) is 0 Å². The second kappa shape index (κ2) is 5.92. The van der Waals surface area contributed by atoms with Crippen molar-refractivity contribution in [3.8, 4) is 5.69 Å². The van der Waals surface area contributed by atoms with Crippen LogP contribution in [0.4, 0.5) is 5.69 Å². The summed E-state index contributed by atoms with van der Waals surface area (Å²) < 4.78 is 1.93. The Hall–Kier alpha value is -1.77. The Balaban J connectivity index is 1.76. The lowest BCUT2D eigenvalue weighted by Gasteiger charge is -2.23. The van der Waals surface area contributed by atoms with Crippen molar-refractivity contribution in [3.63, 3.8) is 0 Å². The van der Waals surface area contributed by atoms with Gasteiger partial charge in [0, 0.05) is 18.4 Å². The van der Waals surface area contributed by atoms with Crippen LogP contribution in [0.1, 0.15) is 46.0 Å². The molecule has 1 aliphatic carbocycles. The van der Waals surface area contributed by atoms with Crippen molar-refractivity contribution in [2.75, 3.05) is 5.32 Å². The minimum absolute atomic E-state index is 0.498. The van der Waals surface area contributed by atoms with E-state index in [1.807, 2.05) is 23.1 Å². The minimum atomic E-state index is 0.498. The molecule has 3 rings (SSSR count). The van der Waals surface area contributed by atoms with Gasteiger partial charge in [-0.25, -0.2) is 4.68 Å². The average molecular weight is 283 g/mol. The molecule has 1 atom stereocenters. The molecule has 21 heavy (non-hydrogen) atoms. The van der Waals surface area contributed by atoms with Gasteiger partial charge in [0.1, 0.15) is 0 Å². The summed E-state index contributed by atoms with van der Waals surface area (Å²) in [5.74, 6) is 0. The normalized spacial score (nSPS) is 21.7. The molecule has 0 spiro atoms. The second-order valence-corrected chi connectivity index (χ2v) is 6.90. The van der Waals surface area contributed by atoms with Crippen molar-refractivity contribution >= 4 is 5.69 Å². The fourth-order valence-electron chi connectivity index (χ4n) is 3.23. The molecule has 1 aromatic carbocycles. The van der Waals surface area contributed by atoms with Crippen molar-refractivity contribution in [1.29, 1.82) is 0 Å². The number of nitrogens with zero attached hydrogens (tertiary/aromatic N) is 2. The zero-order chi connectivity index (χ0) is 14.7. The molecule has 0 bridgehead atoms. The summed E-state index contributed by atoms with van der Waals surface area (Å²) >= 11 is 0. The SMILES string of the molecule is CC1(C)CCCC(Nc2ccccc2-n2cccn2)CC1. The van der Waals surface area contributed by atoms with E-state index in [0.29, 0.717) is 11.5 Å². The maximum atomic E-state index is 4.36. The van der Waals surface area contributed by atoms with Gasteiger partial charge >= 0.3 is 0 Å². The monoisotopic (exact) mass is 283 g/mol. The van der Waals surface area contributed by atoms with Crippen LogP contribution in [0, 0.1) is 5.41 Å². The van der Waals surface area contributed by atoms with Crippen LogP contribution >= 0.6 is 0 Å². The first kappa shape index (κ1) is 14.2. The van der Waals surface area contributed by atoms with E-state index in [2.05, 4.69) is 48.5 Å². The molecular weight excluding hydrogens is 258 g/mol. The van der Waals surface area contributed by atoms with Crippen molar-refractivity contribution in [2.24, 2.45) is 5.41 Å². The summed E-state index contributed by atoms with van der Waals surface area (Å²) in [6.07, 6.45) is 10.3. The molecule has 1 heterocycles. The molecule has 1 unspecified atom stereocenters. The Morgan fingerprint density at radius 3 is 2.81 bits per heavy atom. The van der Waals surface area contributed by atoms with Gasteiger partial charge in [-0.3, -0.25) is 0 Å². The highest BCUT2D eigenvalue weighted by atomic mass is 15.3. The molecule has 1 N–H and O–H groups in total. The van der Waals surface area contributed by atoms with Crippen LogP contribution < -0.4 is 5.32 Å². The zero-order valence-corrected chi connectivity index (χ0v) is 13.0. The number of aromatic nitrogens is 2. The third kappa shape index (κ3) is 3.46. The van der Waals surface area contributed by atoms with E-state index >= 15 is 0 Å². The highest BCUT2D eigenvalue weighted by molar-refractivity contribution is 5.61. The molecule has 1 aliphatic rings. The van der Waals surface area contributed by atoms with E-state index in [1.165, 1.54) is 37.8 Å². The van der Waals surface area contributed by atoms with Gasteiger partial charge in [-0.05, 0) is 49.3 Å². The molecule has 0 radical (unpaired) electrons. The van der Waals surface area contributed by atoms with Gasteiger partial charge in [0.05, 0.1) is 11.4 Å². The molecule has 0 aliphatic heterocycles. The van der Waals surface area contributed by atoms with E-state index in [-0.39, 0.29) is 0 Å². The third-order valence-corrected chi connectivity index (χ3v) is 4.59. The van der Waals surface area contributed by atoms with E-state index in [0.717, 1.165) is 5.69 Å². The number of para-hydroxylation sites is 2. The lowest BCUT2D eigenvalue weighted by atomic mass is 9.85. The van der Waals surface area contributed by atoms with E-state index in [1.54, 1.807) is 0 Å². The van der Waals surface area contributed by atoms with E-state index in [4.69, 9.17) is 0 Å². The van der Waals surface area contributed by atoms with Gasteiger partial charge in [-0.15, -0.1) is 0 Å². The minimum Gasteiger partial charge on any atom is -0.381 e. The molecule has 0 amide bonds. The van der Waals surface area contributed by atoms with Gasteiger partial charge in [0.15, 0.2) is 0 Å². The molecule has 1 fully saturated rings. The standard InChI is InChI=1S/C18H25N3/c1-18(2)11-5-7-15(10-12-18)20-16-8-3-4-9-17(16)21-14-6-13-19-21/h3-4,6,8-9,13-15,20H,5,7,10-12H2,1-2H3. The molecule has 1 aromatic heterocycles. The van der Waals surface area contributed by atoms with Crippen LogP contribution in [0.5, 0.6) is 0 Å². The second-order valence-electron chi connectivity index (χ2n) is 6.90. The maximum absolute atomic E-state index is 4.36. The predicted octanol–water partition coefficient (Wildman–Crippen LogP) is 4.64. The first-order chi connectivity index (χ1) is 10.1. The van der Waals surface area contributed by atoms with Crippen LogP contribution in [0.25, 0.3) is 5.69 Å². The first-order valence-corrected chi connectivity index (χ1v) is 8.00. The molecule has 112 valence electrons. The lowest BCUT2D eigenvalue weighted by molar-refractivity contribution is 0.313. The number of nitrogens with one attached hydrogen (secondary N) is 1. The summed E-state index contributed by atoms with van der Waals surface area (Å²) in [6, 6.07) is 11.0. The quantitative estimate of drug-likeness (QED) is 0.831. The van der Waals surface area contributed by atoms with Gasteiger partial charge in [0.2, 0.25) is 0 Å². The van der Waals surface area contributed by atoms with Crippen molar-refractivity contribution in [1.82, 2.24) is 9.78 Å². The molecule has 3 heteroatoms. The summed E-state index contributed by atoms with van der Waals surface area (Å²) in [4.78, 5) is 0. The van der Waals surface area contributed by atoms with Crippen LogP contribution in [0.3, 0.4) is 0 Å². The number of benzene rings is 1. The summed E-state index contributed by atoms with van der Waals surface area (Å²) in [7, 11) is 0. The summed E-state index contributed by atoms with van der Waals surface area (Å²) in [5.41, 5.74) is 2.81. The predicted molar refractivity (Wildman–Crippen MR) is 87.8 cm³/mol. The average Bonchev–Trinajstić information content (AvgIpc) is 2.93. The van der Waals surface area contributed by atoms with Crippen LogP contribution in [-0.4, -0.2) is 15.8 Å². The Morgan fingerprint density at radius 2 is 2.00 bits per heavy atom.